The van der Waals surface area contributed by atoms with E-state index in [1.54, 1.807) is 7.11 Å². The van der Waals surface area contributed by atoms with Gasteiger partial charge in [0, 0.05) is 5.56 Å². The van der Waals surface area contributed by atoms with E-state index in [0.29, 0.717) is 9.39 Å². The minimum atomic E-state index is -0.0970. The molecule has 0 aliphatic rings. The third-order valence-corrected chi connectivity index (χ3v) is 3.72. The van der Waals surface area contributed by atoms with E-state index in [1.807, 2.05) is 53.8 Å². The molecule has 0 amide bonds. The predicted octanol–water partition coefficient (Wildman–Crippen LogP) is 2.61. The fourth-order valence-corrected chi connectivity index (χ4v) is 2.28. The molecule has 0 saturated heterocycles. The van der Waals surface area contributed by atoms with Crippen molar-refractivity contribution in [2.24, 2.45) is 0 Å². The maximum atomic E-state index is 11.8. The lowest BCUT2D eigenvalue weighted by molar-refractivity contribution is 0.415. The molecule has 4 nitrogen and oxygen atoms in total. The lowest BCUT2D eigenvalue weighted by Gasteiger charge is -2.06. The minimum Gasteiger partial charge on any atom is -0.497 e. The Labute approximate surface area is 119 Å². The van der Waals surface area contributed by atoms with E-state index < -0.39 is 0 Å². The molecule has 18 heavy (non-hydrogen) atoms. The van der Waals surface area contributed by atoms with Gasteiger partial charge in [0.25, 0.3) is 5.56 Å². The van der Waals surface area contributed by atoms with Crippen LogP contribution in [0.5, 0.6) is 5.75 Å². The number of aryl methyl sites for hydroxylation is 1. The third-order valence-electron chi connectivity index (χ3n) is 2.61. The fourth-order valence-electron chi connectivity index (χ4n) is 1.65. The number of H-pyrrole nitrogens is 1. The fraction of sp³-hybridized carbons (Fsp3) is 0.231. The van der Waals surface area contributed by atoms with Gasteiger partial charge < -0.3 is 9.72 Å². The van der Waals surface area contributed by atoms with Crippen molar-refractivity contribution >= 4 is 22.6 Å². The second kappa shape index (κ2) is 5.51. The Morgan fingerprint density at radius 3 is 2.89 bits per heavy atom. The van der Waals surface area contributed by atoms with Crippen LogP contribution in [-0.4, -0.2) is 17.1 Å². The van der Waals surface area contributed by atoms with Crippen LogP contribution >= 0.6 is 22.6 Å². The zero-order valence-corrected chi connectivity index (χ0v) is 12.3. The van der Waals surface area contributed by atoms with E-state index in [2.05, 4.69) is 9.97 Å². The van der Waals surface area contributed by atoms with E-state index in [0.717, 1.165) is 23.4 Å². The molecule has 2 aromatic rings. The number of nitrogens with zero attached hydrogens (tertiary/aromatic N) is 1. The van der Waals surface area contributed by atoms with Crippen molar-refractivity contribution in [2.75, 3.05) is 7.11 Å². The summed E-state index contributed by atoms with van der Waals surface area (Å²) in [5, 5.41) is 0. The zero-order chi connectivity index (χ0) is 13.1. The number of aromatic amines is 1. The van der Waals surface area contributed by atoms with Crippen molar-refractivity contribution in [3.05, 3.63) is 43.9 Å². The van der Waals surface area contributed by atoms with Gasteiger partial charge in [0.2, 0.25) is 0 Å². The number of methoxy groups -OCH3 is 1. The normalized spacial score (nSPS) is 10.4. The highest BCUT2D eigenvalue weighted by Crippen LogP contribution is 2.20. The molecular weight excluding hydrogens is 343 g/mol. The Hall–Kier alpha value is -1.37. The van der Waals surface area contributed by atoms with Crippen molar-refractivity contribution in [2.45, 2.75) is 13.3 Å². The number of hydrogen-bond donors (Lipinski definition) is 1. The smallest absolute Gasteiger partial charge is 0.264 e. The minimum absolute atomic E-state index is 0.0970. The van der Waals surface area contributed by atoms with Crippen molar-refractivity contribution in [3.8, 4) is 17.1 Å². The number of hydrogen-bond acceptors (Lipinski definition) is 3. The largest absolute Gasteiger partial charge is 0.497 e. The highest BCUT2D eigenvalue weighted by Gasteiger charge is 2.09. The summed E-state index contributed by atoms with van der Waals surface area (Å²) in [6, 6.07) is 7.48. The average molecular weight is 356 g/mol. The number of nitrogens with one attached hydrogen (secondary N) is 1. The molecule has 2 rings (SSSR count). The van der Waals surface area contributed by atoms with Crippen LogP contribution in [0.15, 0.2) is 29.1 Å². The van der Waals surface area contributed by atoms with Crippen LogP contribution in [0.3, 0.4) is 0 Å². The molecule has 0 unspecified atom stereocenters. The van der Waals surface area contributed by atoms with Gasteiger partial charge in [-0.1, -0.05) is 19.1 Å². The van der Waals surface area contributed by atoms with Crippen LogP contribution in [0.1, 0.15) is 12.6 Å². The van der Waals surface area contributed by atoms with Gasteiger partial charge >= 0.3 is 0 Å². The first-order valence-corrected chi connectivity index (χ1v) is 6.66. The molecule has 1 aromatic heterocycles. The molecule has 0 radical (unpaired) electrons. The van der Waals surface area contributed by atoms with Crippen molar-refractivity contribution in [1.29, 1.82) is 0 Å². The third kappa shape index (κ3) is 2.55. The molecule has 5 heteroatoms. The summed E-state index contributed by atoms with van der Waals surface area (Å²) in [6.45, 7) is 1.99. The molecule has 0 atom stereocenters. The van der Waals surface area contributed by atoms with Gasteiger partial charge in [0.15, 0.2) is 0 Å². The van der Waals surface area contributed by atoms with E-state index in [1.165, 1.54) is 0 Å². The molecule has 1 aromatic carbocycles. The lowest BCUT2D eigenvalue weighted by atomic mass is 10.2. The van der Waals surface area contributed by atoms with Crippen LogP contribution in [0.25, 0.3) is 11.4 Å². The van der Waals surface area contributed by atoms with Gasteiger partial charge in [-0.05, 0) is 41.1 Å². The summed E-state index contributed by atoms with van der Waals surface area (Å²) < 4.78 is 5.82. The summed E-state index contributed by atoms with van der Waals surface area (Å²) >= 11 is 2.02. The van der Waals surface area contributed by atoms with Gasteiger partial charge in [-0.3, -0.25) is 4.79 Å². The molecule has 0 bridgehead atoms. The van der Waals surface area contributed by atoms with Crippen LogP contribution in [0.4, 0.5) is 0 Å². The van der Waals surface area contributed by atoms with E-state index in [4.69, 9.17) is 4.74 Å². The summed E-state index contributed by atoms with van der Waals surface area (Å²) in [5.74, 6) is 1.32. The molecule has 0 saturated carbocycles. The van der Waals surface area contributed by atoms with Gasteiger partial charge in [0.1, 0.15) is 11.6 Å². The van der Waals surface area contributed by atoms with Crippen molar-refractivity contribution in [3.63, 3.8) is 0 Å². The number of benzene rings is 1. The number of rotatable bonds is 3. The first-order chi connectivity index (χ1) is 8.65. The van der Waals surface area contributed by atoms with Gasteiger partial charge in [-0.25, -0.2) is 4.98 Å². The molecule has 0 aliphatic carbocycles. The zero-order valence-electron chi connectivity index (χ0n) is 10.2. The Balaban J connectivity index is 2.57. The van der Waals surface area contributed by atoms with Crippen molar-refractivity contribution in [1.82, 2.24) is 9.97 Å². The van der Waals surface area contributed by atoms with Gasteiger partial charge in [-0.2, -0.15) is 0 Å². The standard InChI is InChI=1S/C13H13IN2O2/c1-3-10-11(14)13(17)16-12(15-10)8-5-4-6-9(7-8)18-2/h4-7H,3H2,1-2H3,(H,15,16,17). The summed E-state index contributed by atoms with van der Waals surface area (Å²) in [5.41, 5.74) is 1.56. The van der Waals surface area contributed by atoms with Crippen LogP contribution in [0.2, 0.25) is 0 Å². The predicted molar refractivity (Wildman–Crippen MR) is 78.9 cm³/mol. The summed E-state index contributed by atoms with van der Waals surface area (Å²) in [4.78, 5) is 19.1. The SMILES string of the molecule is CCc1nc(-c2cccc(OC)c2)[nH]c(=O)c1I. The number of aromatic nitrogens is 2. The first kappa shape index (κ1) is 13.1. The lowest BCUT2D eigenvalue weighted by Crippen LogP contribution is -2.15. The Bertz CT molecular complexity index is 623. The first-order valence-electron chi connectivity index (χ1n) is 5.58. The topological polar surface area (TPSA) is 55.0 Å². The second-order valence-corrected chi connectivity index (χ2v) is 4.84. The average Bonchev–Trinajstić information content (AvgIpc) is 2.41. The van der Waals surface area contributed by atoms with E-state index in [9.17, 15) is 4.79 Å². The molecule has 0 spiro atoms. The highest BCUT2D eigenvalue weighted by molar-refractivity contribution is 14.1. The Morgan fingerprint density at radius 2 is 2.22 bits per heavy atom. The molecule has 0 fully saturated rings. The molecule has 1 heterocycles. The number of halogens is 1. The molecule has 1 N–H and O–H groups in total. The second-order valence-electron chi connectivity index (χ2n) is 3.76. The number of ether oxygens (including phenoxy) is 1. The van der Waals surface area contributed by atoms with Crippen LogP contribution in [0, 0.1) is 3.57 Å². The maximum Gasteiger partial charge on any atom is 0.264 e. The van der Waals surface area contributed by atoms with E-state index in [-0.39, 0.29) is 5.56 Å². The van der Waals surface area contributed by atoms with Crippen LogP contribution in [-0.2, 0) is 6.42 Å². The van der Waals surface area contributed by atoms with Gasteiger partial charge in [0.05, 0.1) is 16.4 Å². The molecule has 0 aliphatic heterocycles. The summed E-state index contributed by atoms with van der Waals surface area (Å²) in [6.07, 6.45) is 0.735. The summed E-state index contributed by atoms with van der Waals surface area (Å²) in [7, 11) is 1.61. The van der Waals surface area contributed by atoms with E-state index >= 15 is 0 Å². The Morgan fingerprint density at radius 1 is 1.44 bits per heavy atom. The van der Waals surface area contributed by atoms with Gasteiger partial charge in [-0.15, -0.1) is 0 Å². The highest BCUT2D eigenvalue weighted by atomic mass is 127. The maximum absolute atomic E-state index is 11.8. The van der Waals surface area contributed by atoms with Crippen LogP contribution < -0.4 is 10.3 Å². The molecular formula is C13H13IN2O2. The quantitative estimate of drug-likeness (QED) is 0.861. The Kier molecular flexibility index (Phi) is 4.00. The molecule has 94 valence electrons. The van der Waals surface area contributed by atoms with Crippen molar-refractivity contribution < 1.29 is 4.74 Å². The monoisotopic (exact) mass is 356 g/mol.